The van der Waals surface area contributed by atoms with Gasteiger partial charge in [0.15, 0.2) is 5.75 Å². The summed E-state index contributed by atoms with van der Waals surface area (Å²) < 4.78 is 7.15. The summed E-state index contributed by atoms with van der Waals surface area (Å²) in [6.45, 7) is 4.26. The van der Waals surface area contributed by atoms with Crippen molar-refractivity contribution >= 4 is 60.3 Å². The normalized spacial score (nSPS) is 11.0. The standard InChI is InChI=1S/C19H16Br2N2O4/c1-9(2)13-8-22-16-4-3-11(7-12(13)16)27-17-14(20)5-10(6-15(17)21)23-18(24)19(25)26/h3-9,22H,1-2H3,(H,23,24)(H,25,26). The van der Waals surface area contributed by atoms with E-state index in [4.69, 9.17) is 9.84 Å². The number of hydrogen-bond donors (Lipinski definition) is 3. The van der Waals surface area contributed by atoms with E-state index in [1.807, 2.05) is 24.4 Å². The number of benzene rings is 2. The smallest absolute Gasteiger partial charge is 0.394 e. The van der Waals surface area contributed by atoms with Gasteiger partial charge >= 0.3 is 11.9 Å². The molecule has 1 heterocycles. The number of aliphatic carboxylic acids is 1. The zero-order chi connectivity index (χ0) is 19.7. The van der Waals surface area contributed by atoms with E-state index in [1.54, 1.807) is 12.1 Å². The molecule has 0 aliphatic heterocycles. The minimum atomic E-state index is -1.55. The largest absolute Gasteiger partial charge is 0.474 e. The fourth-order valence-corrected chi connectivity index (χ4v) is 4.04. The van der Waals surface area contributed by atoms with E-state index in [2.05, 4.69) is 56.0 Å². The quantitative estimate of drug-likeness (QED) is 0.409. The van der Waals surface area contributed by atoms with Crippen molar-refractivity contribution < 1.29 is 19.4 Å². The highest BCUT2D eigenvalue weighted by molar-refractivity contribution is 9.11. The Balaban J connectivity index is 1.91. The number of carbonyl (C=O) groups is 2. The van der Waals surface area contributed by atoms with Gasteiger partial charge in [0.2, 0.25) is 0 Å². The zero-order valence-corrected chi connectivity index (χ0v) is 17.6. The van der Waals surface area contributed by atoms with Crippen molar-refractivity contribution in [3.63, 3.8) is 0 Å². The first-order chi connectivity index (χ1) is 12.8. The highest BCUT2D eigenvalue weighted by Gasteiger charge is 2.16. The second kappa shape index (κ2) is 7.74. The predicted octanol–water partition coefficient (Wildman–Crippen LogP) is 5.63. The molecule has 3 N–H and O–H groups in total. The Hall–Kier alpha value is -2.32. The first-order valence-electron chi connectivity index (χ1n) is 8.08. The Labute approximate surface area is 172 Å². The van der Waals surface area contributed by atoms with Crippen LogP contribution in [-0.4, -0.2) is 22.0 Å². The molecule has 0 atom stereocenters. The van der Waals surface area contributed by atoms with Crippen LogP contribution < -0.4 is 10.1 Å². The van der Waals surface area contributed by atoms with Gasteiger partial charge in [-0.15, -0.1) is 0 Å². The van der Waals surface area contributed by atoms with Crippen LogP contribution in [0.2, 0.25) is 0 Å². The maximum absolute atomic E-state index is 11.3. The number of nitrogens with one attached hydrogen (secondary N) is 2. The molecule has 0 aliphatic carbocycles. The summed E-state index contributed by atoms with van der Waals surface area (Å²) in [4.78, 5) is 25.3. The number of hydrogen-bond acceptors (Lipinski definition) is 3. The number of carboxylic acid groups (broad SMARTS) is 1. The van der Waals surface area contributed by atoms with Crippen LogP contribution in [0.3, 0.4) is 0 Å². The van der Waals surface area contributed by atoms with Gasteiger partial charge in [0.1, 0.15) is 5.75 Å². The molecular weight excluding hydrogens is 480 g/mol. The van der Waals surface area contributed by atoms with Gasteiger partial charge in [0.25, 0.3) is 0 Å². The van der Waals surface area contributed by atoms with Crippen molar-refractivity contribution in [2.45, 2.75) is 19.8 Å². The molecule has 3 aromatic rings. The molecule has 3 rings (SSSR count). The molecule has 2 aromatic carbocycles. The van der Waals surface area contributed by atoms with Crippen LogP contribution in [0.5, 0.6) is 11.5 Å². The average molecular weight is 496 g/mol. The zero-order valence-electron chi connectivity index (χ0n) is 14.5. The van der Waals surface area contributed by atoms with E-state index < -0.39 is 11.9 Å². The SMILES string of the molecule is CC(C)c1c[nH]c2ccc(Oc3c(Br)cc(NC(=O)C(=O)O)cc3Br)cc12. The maximum atomic E-state index is 11.3. The van der Waals surface area contributed by atoms with Crippen molar-refractivity contribution in [2.75, 3.05) is 5.32 Å². The van der Waals surface area contributed by atoms with Gasteiger partial charge < -0.3 is 20.1 Å². The Bertz CT molecular complexity index is 1020. The summed E-state index contributed by atoms with van der Waals surface area (Å²) >= 11 is 6.80. The number of amides is 1. The summed E-state index contributed by atoms with van der Waals surface area (Å²) in [5, 5.41) is 12.1. The van der Waals surface area contributed by atoms with Gasteiger partial charge in [-0.2, -0.15) is 0 Å². The van der Waals surface area contributed by atoms with E-state index in [0.29, 0.717) is 32.0 Å². The summed E-state index contributed by atoms with van der Waals surface area (Å²) in [7, 11) is 0. The molecule has 1 aromatic heterocycles. The molecule has 0 saturated heterocycles. The number of aromatic nitrogens is 1. The van der Waals surface area contributed by atoms with Gasteiger partial charge in [0.05, 0.1) is 8.95 Å². The summed E-state index contributed by atoms with van der Waals surface area (Å²) in [5.41, 5.74) is 2.58. The lowest BCUT2D eigenvalue weighted by molar-refractivity contribution is -0.147. The number of fused-ring (bicyclic) bond motifs is 1. The Morgan fingerprint density at radius 2 is 1.81 bits per heavy atom. The van der Waals surface area contributed by atoms with E-state index in [1.165, 1.54) is 5.56 Å². The topological polar surface area (TPSA) is 91.4 Å². The van der Waals surface area contributed by atoms with Gasteiger partial charge in [-0.1, -0.05) is 13.8 Å². The third-order valence-electron chi connectivity index (χ3n) is 3.98. The van der Waals surface area contributed by atoms with Gasteiger partial charge in [-0.05, 0) is 73.7 Å². The van der Waals surface area contributed by atoms with Crippen LogP contribution in [0, 0.1) is 0 Å². The summed E-state index contributed by atoms with van der Waals surface area (Å²) in [6.07, 6.45) is 2.00. The Morgan fingerprint density at radius 3 is 2.41 bits per heavy atom. The fourth-order valence-electron chi connectivity index (χ4n) is 2.69. The minimum Gasteiger partial charge on any atom is -0.474 e. The van der Waals surface area contributed by atoms with Crippen molar-refractivity contribution in [1.29, 1.82) is 0 Å². The highest BCUT2D eigenvalue weighted by atomic mass is 79.9. The van der Waals surface area contributed by atoms with E-state index in [9.17, 15) is 9.59 Å². The molecule has 0 radical (unpaired) electrons. The maximum Gasteiger partial charge on any atom is 0.394 e. The predicted molar refractivity (Wildman–Crippen MR) is 111 cm³/mol. The molecule has 0 spiro atoms. The molecule has 6 nitrogen and oxygen atoms in total. The van der Waals surface area contributed by atoms with E-state index in [-0.39, 0.29) is 0 Å². The number of H-pyrrole nitrogens is 1. The second-order valence-corrected chi connectivity index (χ2v) is 7.95. The van der Waals surface area contributed by atoms with Gasteiger partial charge in [-0.25, -0.2) is 4.79 Å². The van der Waals surface area contributed by atoms with Crippen molar-refractivity contribution in [2.24, 2.45) is 0 Å². The van der Waals surface area contributed by atoms with Gasteiger partial charge in [0, 0.05) is 22.8 Å². The number of carbonyl (C=O) groups excluding carboxylic acids is 1. The number of aromatic amines is 1. The molecule has 1 amide bonds. The van der Waals surface area contributed by atoms with Gasteiger partial charge in [-0.3, -0.25) is 4.79 Å². The van der Waals surface area contributed by atoms with Crippen LogP contribution in [0.1, 0.15) is 25.3 Å². The molecule has 0 aliphatic rings. The number of ether oxygens (including phenoxy) is 1. The molecular formula is C19H16Br2N2O4. The molecule has 0 fully saturated rings. The average Bonchev–Trinajstić information content (AvgIpc) is 3.01. The lowest BCUT2D eigenvalue weighted by atomic mass is 10.0. The summed E-state index contributed by atoms with van der Waals surface area (Å²) in [6, 6.07) is 8.95. The van der Waals surface area contributed by atoms with Crippen molar-refractivity contribution in [3.05, 3.63) is 51.0 Å². The van der Waals surface area contributed by atoms with E-state index in [0.717, 1.165) is 10.9 Å². The second-order valence-electron chi connectivity index (χ2n) is 6.24. The Morgan fingerprint density at radius 1 is 1.15 bits per heavy atom. The molecule has 140 valence electrons. The third kappa shape index (κ3) is 4.17. The van der Waals surface area contributed by atoms with E-state index >= 15 is 0 Å². The van der Waals surface area contributed by atoms with Crippen molar-refractivity contribution in [1.82, 2.24) is 4.98 Å². The van der Waals surface area contributed by atoms with Crippen LogP contribution in [0.25, 0.3) is 10.9 Å². The molecule has 0 unspecified atom stereocenters. The number of rotatable bonds is 4. The lowest BCUT2D eigenvalue weighted by Gasteiger charge is -2.13. The minimum absolute atomic E-state index is 0.330. The van der Waals surface area contributed by atoms with Crippen LogP contribution in [0.15, 0.2) is 45.5 Å². The molecule has 8 heteroatoms. The van der Waals surface area contributed by atoms with Crippen molar-refractivity contribution in [3.8, 4) is 11.5 Å². The molecule has 27 heavy (non-hydrogen) atoms. The number of carboxylic acids is 1. The first kappa shape index (κ1) is 19.4. The van der Waals surface area contributed by atoms with Crippen LogP contribution in [-0.2, 0) is 9.59 Å². The highest BCUT2D eigenvalue weighted by Crippen LogP contribution is 2.40. The summed E-state index contributed by atoms with van der Waals surface area (Å²) in [5.74, 6) is -1.11. The molecule has 0 saturated carbocycles. The monoisotopic (exact) mass is 494 g/mol. The Kier molecular flexibility index (Phi) is 5.57. The molecule has 0 bridgehead atoms. The lowest BCUT2D eigenvalue weighted by Crippen LogP contribution is -2.21. The first-order valence-corrected chi connectivity index (χ1v) is 9.67. The van der Waals surface area contributed by atoms with Crippen LogP contribution >= 0.6 is 31.9 Å². The number of halogens is 2. The third-order valence-corrected chi connectivity index (χ3v) is 5.16. The van der Waals surface area contributed by atoms with Crippen LogP contribution in [0.4, 0.5) is 5.69 Å². The number of anilines is 1. The fraction of sp³-hybridized carbons (Fsp3) is 0.158.